The zero-order valence-electron chi connectivity index (χ0n) is 11.6. The first-order valence-electron chi connectivity index (χ1n) is 6.46. The maximum absolute atomic E-state index is 6.34. The van der Waals surface area contributed by atoms with Gasteiger partial charge >= 0.3 is 0 Å². The number of ether oxygens (including phenoxy) is 2. The Kier molecular flexibility index (Phi) is 4.72. The molecule has 0 unspecified atom stereocenters. The van der Waals surface area contributed by atoms with Gasteiger partial charge in [0.1, 0.15) is 0 Å². The van der Waals surface area contributed by atoms with E-state index in [1.165, 1.54) is 18.4 Å². The molecule has 19 heavy (non-hydrogen) atoms. The fraction of sp³-hybridized carbons (Fsp3) is 0.467. The molecule has 0 atom stereocenters. The van der Waals surface area contributed by atoms with Gasteiger partial charge in [-0.05, 0) is 37.5 Å². The molecule has 1 N–H and O–H groups in total. The van der Waals surface area contributed by atoms with Crippen molar-refractivity contribution in [2.24, 2.45) is 0 Å². The average molecular weight is 282 g/mol. The van der Waals surface area contributed by atoms with E-state index in [-0.39, 0.29) is 0 Å². The molecule has 104 valence electrons. The smallest absolute Gasteiger partial charge is 0.179 e. The largest absolute Gasteiger partial charge is 0.493 e. The van der Waals surface area contributed by atoms with Crippen LogP contribution in [0.4, 0.5) is 0 Å². The second kappa shape index (κ2) is 6.31. The summed E-state index contributed by atoms with van der Waals surface area (Å²) in [5.74, 6) is 1.24. The van der Waals surface area contributed by atoms with Gasteiger partial charge < -0.3 is 14.8 Å². The van der Waals surface area contributed by atoms with Crippen LogP contribution in [0.5, 0.6) is 11.5 Å². The second-order valence-electron chi connectivity index (χ2n) is 4.85. The van der Waals surface area contributed by atoms with Gasteiger partial charge in [-0.3, -0.25) is 0 Å². The molecule has 0 amide bonds. The van der Waals surface area contributed by atoms with Crippen LogP contribution in [-0.4, -0.2) is 26.8 Å². The zero-order valence-corrected chi connectivity index (χ0v) is 12.4. The summed E-state index contributed by atoms with van der Waals surface area (Å²) in [5, 5.41) is 4.07. The molecule has 0 heterocycles. The van der Waals surface area contributed by atoms with Gasteiger partial charge in [-0.15, -0.1) is 0 Å². The Labute approximate surface area is 119 Å². The highest BCUT2D eigenvalue weighted by Crippen LogP contribution is 2.38. The van der Waals surface area contributed by atoms with Crippen LogP contribution < -0.4 is 14.8 Å². The fourth-order valence-electron chi connectivity index (χ4n) is 1.93. The van der Waals surface area contributed by atoms with Crippen molar-refractivity contribution in [3.8, 4) is 11.5 Å². The first-order valence-corrected chi connectivity index (χ1v) is 6.84. The Bertz CT molecular complexity index is 481. The molecule has 1 aliphatic rings. The second-order valence-corrected chi connectivity index (χ2v) is 5.23. The molecule has 0 saturated heterocycles. The Hall–Kier alpha value is -1.19. The van der Waals surface area contributed by atoms with E-state index in [0.29, 0.717) is 22.6 Å². The number of halogens is 1. The lowest BCUT2D eigenvalue weighted by atomic mass is 10.1. The Morgan fingerprint density at radius 2 is 2.11 bits per heavy atom. The molecular formula is C15H20ClNO2. The molecule has 1 aromatic rings. The van der Waals surface area contributed by atoms with Crippen LogP contribution in [-0.2, 0) is 0 Å². The molecule has 1 aromatic carbocycles. The van der Waals surface area contributed by atoms with Gasteiger partial charge in [0.05, 0.1) is 19.2 Å². The van der Waals surface area contributed by atoms with Gasteiger partial charge in [0.25, 0.3) is 0 Å². The SMILES string of the molecule is COc1ccc(C=C(C)CNC2CC2)c(Cl)c1OC. The Morgan fingerprint density at radius 3 is 2.68 bits per heavy atom. The third kappa shape index (κ3) is 3.64. The fourth-order valence-corrected chi connectivity index (χ4v) is 2.21. The molecular weight excluding hydrogens is 262 g/mol. The van der Waals surface area contributed by atoms with E-state index >= 15 is 0 Å². The predicted octanol–water partition coefficient (Wildman–Crippen LogP) is 3.51. The summed E-state index contributed by atoms with van der Waals surface area (Å²) in [6.07, 6.45) is 4.68. The lowest BCUT2D eigenvalue weighted by Gasteiger charge is -2.11. The Morgan fingerprint density at radius 1 is 1.37 bits per heavy atom. The van der Waals surface area contributed by atoms with E-state index < -0.39 is 0 Å². The van der Waals surface area contributed by atoms with Gasteiger partial charge in [-0.2, -0.15) is 0 Å². The molecule has 0 aromatic heterocycles. The summed E-state index contributed by atoms with van der Waals surface area (Å²) in [6, 6.07) is 4.53. The summed E-state index contributed by atoms with van der Waals surface area (Å²) < 4.78 is 10.5. The van der Waals surface area contributed by atoms with Crippen LogP contribution in [0.2, 0.25) is 5.02 Å². The van der Waals surface area contributed by atoms with Crippen LogP contribution in [0.3, 0.4) is 0 Å². The van der Waals surface area contributed by atoms with Crippen molar-refractivity contribution in [2.75, 3.05) is 20.8 Å². The summed E-state index contributed by atoms with van der Waals surface area (Å²) >= 11 is 6.34. The predicted molar refractivity (Wildman–Crippen MR) is 79.2 cm³/mol. The Balaban J connectivity index is 2.16. The zero-order chi connectivity index (χ0) is 13.8. The van der Waals surface area contributed by atoms with Crippen molar-refractivity contribution in [3.05, 3.63) is 28.3 Å². The minimum Gasteiger partial charge on any atom is -0.493 e. The number of rotatable bonds is 6. The summed E-state index contributed by atoms with van der Waals surface area (Å²) in [5.41, 5.74) is 2.20. The molecule has 1 aliphatic carbocycles. The minimum atomic E-state index is 0.584. The van der Waals surface area contributed by atoms with E-state index in [1.807, 2.05) is 12.1 Å². The maximum atomic E-state index is 6.34. The summed E-state index contributed by atoms with van der Waals surface area (Å²) in [4.78, 5) is 0. The number of nitrogens with one attached hydrogen (secondary N) is 1. The first-order chi connectivity index (χ1) is 9.15. The maximum Gasteiger partial charge on any atom is 0.179 e. The van der Waals surface area contributed by atoms with Crippen molar-refractivity contribution in [3.63, 3.8) is 0 Å². The molecule has 2 rings (SSSR count). The molecule has 3 nitrogen and oxygen atoms in total. The van der Waals surface area contributed by atoms with Gasteiger partial charge in [-0.25, -0.2) is 0 Å². The van der Waals surface area contributed by atoms with Crippen LogP contribution >= 0.6 is 11.6 Å². The number of hydrogen-bond donors (Lipinski definition) is 1. The number of methoxy groups -OCH3 is 2. The van der Waals surface area contributed by atoms with Crippen LogP contribution in [0.15, 0.2) is 17.7 Å². The van der Waals surface area contributed by atoms with E-state index in [4.69, 9.17) is 21.1 Å². The summed E-state index contributed by atoms with van der Waals surface area (Å²) in [7, 11) is 3.20. The van der Waals surface area contributed by atoms with Crippen LogP contribution in [0, 0.1) is 0 Å². The van der Waals surface area contributed by atoms with Crippen LogP contribution in [0.1, 0.15) is 25.3 Å². The number of benzene rings is 1. The monoisotopic (exact) mass is 281 g/mol. The number of hydrogen-bond acceptors (Lipinski definition) is 3. The van der Waals surface area contributed by atoms with E-state index in [2.05, 4.69) is 18.3 Å². The van der Waals surface area contributed by atoms with Crippen molar-refractivity contribution < 1.29 is 9.47 Å². The van der Waals surface area contributed by atoms with Gasteiger partial charge in [0, 0.05) is 12.6 Å². The third-order valence-electron chi connectivity index (χ3n) is 3.16. The van der Waals surface area contributed by atoms with Crippen LogP contribution in [0.25, 0.3) is 6.08 Å². The third-order valence-corrected chi connectivity index (χ3v) is 3.55. The standard InChI is InChI=1S/C15H20ClNO2/c1-10(9-17-12-5-6-12)8-11-4-7-13(18-2)15(19-3)14(11)16/h4,7-8,12,17H,5-6,9H2,1-3H3. The van der Waals surface area contributed by atoms with E-state index in [0.717, 1.165) is 12.1 Å². The average Bonchev–Trinajstić information content (AvgIpc) is 3.22. The van der Waals surface area contributed by atoms with Crippen molar-refractivity contribution in [1.29, 1.82) is 0 Å². The molecule has 0 bridgehead atoms. The highest BCUT2D eigenvalue weighted by Gasteiger charge is 2.19. The van der Waals surface area contributed by atoms with Gasteiger partial charge in [-0.1, -0.05) is 23.3 Å². The highest BCUT2D eigenvalue weighted by molar-refractivity contribution is 6.33. The minimum absolute atomic E-state index is 0.584. The van der Waals surface area contributed by atoms with Crippen molar-refractivity contribution in [1.82, 2.24) is 5.32 Å². The lowest BCUT2D eigenvalue weighted by Crippen LogP contribution is -2.18. The first kappa shape index (κ1) is 14.2. The quantitative estimate of drug-likeness (QED) is 0.865. The topological polar surface area (TPSA) is 30.5 Å². The molecule has 0 aliphatic heterocycles. The van der Waals surface area contributed by atoms with Gasteiger partial charge in [0.2, 0.25) is 0 Å². The van der Waals surface area contributed by atoms with Crippen molar-refractivity contribution in [2.45, 2.75) is 25.8 Å². The molecule has 1 fully saturated rings. The highest BCUT2D eigenvalue weighted by atomic mass is 35.5. The van der Waals surface area contributed by atoms with Gasteiger partial charge in [0.15, 0.2) is 11.5 Å². The molecule has 1 saturated carbocycles. The molecule has 0 spiro atoms. The molecule has 4 heteroatoms. The van der Waals surface area contributed by atoms with E-state index in [9.17, 15) is 0 Å². The van der Waals surface area contributed by atoms with Crippen molar-refractivity contribution >= 4 is 17.7 Å². The lowest BCUT2D eigenvalue weighted by molar-refractivity contribution is 0.355. The van der Waals surface area contributed by atoms with E-state index in [1.54, 1.807) is 14.2 Å². The summed E-state index contributed by atoms with van der Waals surface area (Å²) in [6.45, 7) is 3.00. The molecule has 0 radical (unpaired) electrons. The normalized spacial score (nSPS) is 15.5.